The van der Waals surface area contributed by atoms with E-state index in [1.165, 1.54) is 0 Å². The van der Waals surface area contributed by atoms with Gasteiger partial charge in [-0.05, 0) is 13.3 Å². The van der Waals surface area contributed by atoms with E-state index in [0.717, 1.165) is 0 Å². The van der Waals surface area contributed by atoms with Crippen LogP contribution in [0, 0.1) is 0 Å². The van der Waals surface area contributed by atoms with E-state index >= 15 is 0 Å². The fraction of sp³-hybridized carbons (Fsp3) is 0.778. The van der Waals surface area contributed by atoms with E-state index in [1.54, 1.807) is 6.92 Å². The third kappa shape index (κ3) is 8.30. The molecule has 0 radical (unpaired) electrons. The molecule has 0 spiro atoms. The van der Waals surface area contributed by atoms with Crippen molar-refractivity contribution in [3.63, 3.8) is 0 Å². The van der Waals surface area contributed by atoms with Gasteiger partial charge in [-0.25, -0.2) is 8.78 Å². The van der Waals surface area contributed by atoms with Crippen LogP contribution in [0.4, 0.5) is 8.78 Å². The van der Waals surface area contributed by atoms with Crippen molar-refractivity contribution in [3.05, 3.63) is 0 Å². The van der Waals surface area contributed by atoms with Gasteiger partial charge in [0.25, 0.3) is 6.43 Å². The first-order chi connectivity index (χ1) is 7.10. The largest absolute Gasteiger partial charge is 0.466 e. The molecule has 0 aromatic heterocycles. The number of carbonyl (C=O) groups excluding carboxylic acids is 1. The van der Waals surface area contributed by atoms with Crippen molar-refractivity contribution in [2.45, 2.75) is 26.2 Å². The molecule has 15 heavy (non-hydrogen) atoms. The molecule has 0 aliphatic rings. The Morgan fingerprint density at radius 1 is 1.47 bits per heavy atom. The zero-order valence-electron chi connectivity index (χ0n) is 8.51. The fourth-order valence-corrected chi connectivity index (χ4v) is 1.08. The second kappa shape index (κ2) is 8.59. The highest BCUT2D eigenvalue weighted by molar-refractivity contribution is 6.28. The van der Waals surface area contributed by atoms with Crippen LogP contribution in [0.3, 0.4) is 0 Å². The van der Waals surface area contributed by atoms with Crippen molar-refractivity contribution in [2.24, 2.45) is 4.99 Å². The molecule has 0 rings (SSSR count). The minimum atomic E-state index is -2.48. The number of esters is 1. The predicted molar refractivity (Wildman–Crippen MR) is 54.9 cm³/mol. The molecular weight excluding hydrogens is 228 g/mol. The van der Waals surface area contributed by atoms with Gasteiger partial charge >= 0.3 is 5.97 Å². The number of hydrogen-bond donors (Lipinski definition) is 0. The lowest BCUT2D eigenvalue weighted by Crippen LogP contribution is -2.10. The lowest BCUT2D eigenvalue weighted by atomic mass is 10.2. The van der Waals surface area contributed by atoms with Crippen LogP contribution >= 0.6 is 11.6 Å². The van der Waals surface area contributed by atoms with Gasteiger partial charge in [0.1, 0.15) is 0 Å². The van der Waals surface area contributed by atoms with Crippen LogP contribution in [0.1, 0.15) is 19.8 Å². The van der Waals surface area contributed by atoms with E-state index < -0.39 is 13.0 Å². The molecule has 0 atom stereocenters. The van der Waals surface area contributed by atoms with Gasteiger partial charge in [0.05, 0.1) is 25.5 Å². The van der Waals surface area contributed by atoms with Crippen LogP contribution in [0.2, 0.25) is 0 Å². The fourth-order valence-electron chi connectivity index (χ4n) is 0.866. The average molecular weight is 242 g/mol. The molecule has 0 aliphatic heterocycles. The first kappa shape index (κ1) is 14.3. The lowest BCUT2D eigenvalue weighted by molar-refractivity contribution is -0.142. The monoisotopic (exact) mass is 241 g/mol. The minimum Gasteiger partial charge on any atom is -0.466 e. The normalized spacial score (nSPS) is 11.9. The number of nitrogens with zero attached hydrogens (tertiary/aromatic N) is 1. The smallest absolute Gasteiger partial charge is 0.306 e. The summed E-state index contributed by atoms with van der Waals surface area (Å²) in [5.41, 5.74) is 0.407. The van der Waals surface area contributed by atoms with E-state index in [1.807, 2.05) is 0 Å². The molecule has 0 fully saturated rings. The van der Waals surface area contributed by atoms with Gasteiger partial charge in [0, 0.05) is 5.71 Å². The zero-order valence-corrected chi connectivity index (χ0v) is 9.27. The van der Waals surface area contributed by atoms with Gasteiger partial charge in [-0.2, -0.15) is 0 Å². The molecule has 0 unspecified atom stereocenters. The standard InChI is InChI=1S/C9H14ClF2NO2/c1-2-15-9(14)4-3-7(5-10)13-6-8(11)12/h8H,2-6H2,1H3. The van der Waals surface area contributed by atoms with Gasteiger partial charge in [-0.15, -0.1) is 11.6 Å². The van der Waals surface area contributed by atoms with Crippen LogP contribution in [0.15, 0.2) is 4.99 Å². The van der Waals surface area contributed by atoms with Crippen LogP contribution < -0.4 is 0 Å². The molecule has 3 nitrogen and oxygen atoms in total. The molecule has 0 aliphatic carbocycles. The molecule has 0 aromatic carbocycles. The predicted octanol–water partition coefficient (Wildman–Crippen LogP) is 2.27. The first-order valence-corrected chi connectivity index (χ1v) is 5.15. The number of ether oxygens (including phenoxy) is 1. The van der Waals surface area contributed by atoms with Crippen molar-refractivity contribution >= 4 is 23.3 Å². The number of aliphatic imine (C=N–C) groups is 1. The van der Waals surface area contributed by atoms with Gasteiger partial charge in [0.2, 0.25) is 0 Å². The second-order valence-electron chi connectivity index (χ2n) is 2.74. The average Bonchev–Trinajstić information content (AvgIpc) is 2.18. The molecule has 0 heterocycles. The topological polar surface area (TPSA) is 38.7 Å². The highest BCUT2D eigenvalue weighted by atomic mass is 35.5. The highest BCUT2D eigenvalue weighted by Gasteiger charge is 2.06. The van der Waals surface area contributed by atoms with Crippen molar-refractivity contribution in [1.82, 2.24) is 0 Å². The summed E-state index contributed by atoms with van der Waals surface area (Å²) < 4.78 is 28.3. The summed E-state index contributed by atoms with van der Waals surface area (Å²) in [5, 5.41) is 0. The number of rotatable bonds is 7. The maximum atomic E-state index is 11.8. The maximum Gasteiger partial charge on any atom is 0.306 e. The third-order valence-electron chi connectivity index (χ3n) is 1.53. The summed E-state index contributed by atoms with van der Waals surface area (Å²) in [6.45, 7) is 1.44. The van der Waals surface area contributed by atoms with Gasteiger partial charge in [-0.3, -0.25) is 9.79 Å². The Morgan fingerprint density at radius 2 is 2.13 bits per heavy atom. The highest BCUT2D eigenvalue weighted by Crippen LogP contribution is 2.01. The van der Waals surface area contributed by atoms with E-state index in [2.05, 4.69) is 9.73 Å². The Bertz CT molecular complexity index is 222. The minimum absolute atomic E-state index is 0.0616. The Hall–Kier alpha value is -0.710. The molecule has 0 bridgehead atoms. The number of hydrogen-bond acceptors (Lipinski definition) is 3. The van der Waals surface area contributed by atoms with Crippen LogP contribution in [-0.2, 0) is 9.53 Å². The number of halogens is 3. The molecule has 0 saturated carbocycles. The Balaban J connectivity index is 3.89. The van der Waals surface area contributed by atoms with Crippen molar-refractivity contribution in [2.75, 3.05) is 19.0 Å². The Morgan fingerprint density at radius 3 is 2.60 bits per heavy atom. The second-order valence-corrected chi connectivity index (χ2v) is 3.00. The van der Waals surface area contributed by atoms with Crippen molar-refractivity contribution in [3.8, 4) is 0 Å². The molecule has 0 amide bonds. The van der Waals surface area contributed by atoms with Crippen molar-refractivity contribution < 1.29 is 18.3 Å². The summed E-state index contributed by atoms with van der Waals surface area (Å²) >= 11 is 5.48. The Kier molecular flexibility index (Phi) is 8.18. The SMILES string of the molecule is CCOC(=O)CCC(CCl)=NCC(F)F. The summed E-state index contributed by atoms with van der Waals surface area (Å²) in [4.78, 5) is 14.5. The molecule has 0 N–H and O–H groups in total. The van der Waals surface area contributed by atoms with Crippen LogP contribution in [0.25, 0.3) is 0 Å². The van der Waals surface area contributed by atoms with E-state index in [4.69, 9.17) is 11.6 Å². The van der Waals surface area contributed by atoms with E-state index in [9.17, 15) is 13.6 Å². The van der Waals surface area contributed by atoms with Gasteiger partial charge in [-0.1, -0.05) is 0 Å². The van der Waals surface area contributed by atoms with Crippen LogP contribution in [0.5, 0.6) is 0 Å². The summed E-state index contributed by atoms with van der Waals surface area (Å²) in [7, 11) is 0. The van der Waals surface area contributed by atoms with E-state index in [0.29, 0.717) is 12.3 Å². The Labute approximate surface area is 92.5 Å². The third-order valence-corrected chi connectivity index (χ3v) is 1.84. The first-order valence-electron chi connectivity index (χ1n) is 4.62. The number of carbonyl (C=O) groups is 1. The molecular formula is C9H14ClF2NO2. The quantitative estimate of drug-likeness (QED) is 0.390. The number of alkyl halides is 3. The molecule has 0 saturated heterocycles. The van der Waals surface area contributed by atoms with E-state index in [-0.39, 0.29) is 24.7 Å². The lowest BCUT2D eigenvalue weighted by Gasteiger charge is -2.03. The maximum absolute atomic E-state index is 11.8. The summed E-state index contributed by atoms with van der Waals surface area (Å²) in [6.07, 6.45) is -2.08. The van der Waals surface area contributed by atoms with Crippen LogP contribution in [-0.4, -0.2) is 37.1 Å². The van der Waals surface area contributed by atoms with Gasteiger partial charge in [0.15, 0.2) is 0 Å². The molecule has 0 aromatic rings. The summed E-state index contributed by atoms with van der Waals surface area (Å²) in [5.74, 6) is -0.307. The molecule has 88 valence electrons. The van der Waals surface area contributed by atoms with Gasteiger partial charge < -0.3 is 4.74 Å². The summed E-state index contributed by atoms with van der Waals surface area (Å²) in [6, 6.07) is 0. The zero-order chi connectivity index (χ0) is 11.7. The molecule has 6 heteroatoms. The van der Waals surface area contributed by atoms with Crippen molar-refractivity contribution in [1.29, 1.82) is 0 Å².